The predicted molar refractivity (Wildman–Crippen MR) is 272 cm³/mol. The van der Waals surface area contributed by atoms with Gasteiger partial charge in [0.2, 0.25) is 23.6 Å². The van der Waals surface area contributed by atoms with E-state index in [4.69, 9.17) is 19.9 Å². The summed E-state index contributed by atoms with van der Waals surface area (Å²) < 4.78 is 33.3. The van der Waals surface area contributed by atoms with E-state index in [9.17, 15) is 33.6 Å². The van der Waals surface area contributed by atoms with Crippen molar-refractivity contribution >= 4 is 35.4 Å². The summed E-state index contributed by atoms with van der Waals surface area (Å²) in [5, 5.41) is 30.3. The molecule has 6 rings (SSSR count). The van der Waals surface area contributed by atoms with Gasteiger partial charge in [-0.15, -0.1) is 0 Å². The van der Waals surface area contributed by atoms with E-state index in [1.165, 1.54) is 34.0 Å². The lowest BCUT2D eigenvalue weighted by molar-refractivity contribution is -0.144. The van der Waals surface area contributed by atoms with Crippen molar-refractivity contribution in [2.24, 2.45) is 5.41 Å². The summed E-state index contributed by atoms with van der Waals surface area (Å²) in [6, 6.07) is 13.0. The molecule has 22 heteroatoms. The maximum atomic E-state index is 14.4. The molecule has 4 aromatic rings. The zero-order valence-corrected chi connectivity index (χ0v) is 43.5. The Morgan fingerprint density at radius 2 is 1.77 bits per heavy atom. The third kappa shape index (κ3) is 14.2. The van der Waals surface area contributed by atoms with E-state index in [1.807, 2.05) is 58.0 Å². The van der Waals surface area contributed by atoms with Crippen molar-refractivity contribution in [1.82, 2.24) is 56.1 Å². The van der Waals surface area contributed by atoms with Gasteiger partial charge in [-0.3, -0.25) is 28.7 Å². The van der Waals surface area contributed by atoms with E-state index < -0.39 is 41.4 Å². The van der Waals surface area contributed by atoms with Gasteiger partial charge >= 0.3 is 0 Å². The number of benzene rings is 2. The molecule has 5 amide bonds. The molecule has 0 aliphatic carbocycles. The first kappa shape index (κ1) is 56.2. The van der Waals surface area contributed by atoms with Crippen LogP contribution in [0, 0.1) is 22.6 Å². The van der Waals surface area contributed by atoms with Crippen molar-refractivity contribution in [2.45, 2.75) is 110 Å². The Labute approximate surface area is 431 Å². The summed E-state index contributed by atoms with van der Waals surface area (Å²) in [6.45, 7) is 12.8. The Hall–Kier alpha value is -7.06. The minimum Gasteiger partial charge on any atom is -0.467 e. The average molecular weight is 1020 g/mol. The van der Waals surface area contributed by atoms with Gasteiger partial charge in [0.05, 0.1) is 74.7 Å². The molecule has 74 heavy (non-hydrogen) atoms. The topological polar surface area (TPSA) is 273 Å². The zero-order valence-electron chi connectivity index (χ0n) is 43.5. The first-order valence-corrected chi connectivity index (χ1v) is 25.0. The molecule has 0 unspecified atom stereocenters. The fraction of sp³-hybridized carbons (Fsp3) is 0.519. The summed E-state index contributed by atoms with van der Waals surface area (Å²) in [5.74, 6) is -2.27. The Morgan fingerprint density at radius 1 is 1.04 bits per heavy atom. The second-order valence-corrected chi connectivity index (χ2v) is 19.5. The summed E-state index contributed by atoms with van der Waals surface area (Å²) in [5.41, 5.74) is 7.94. The number of nitrogens with two attached hydrogens (primary N) is 1. The Morgan fingerprint density at radius 3 is 2.46 bits per heavy atom. The Bertz CT molecular complexity index is 2660. The van der Waals surface area contributed by atoms with Gasteiger partial charge in [0.25, 0.3) is 11.8 Å². The molecule has 4 heterocycles. The van der Waals surface area contributed by atoms with Crippen molar-refractivity contribution in [2.75, 3.05) is 65.9 Å². The molecule has 0 radical (unpaired) electrons. The van der Waals surface area contributed by atoms with E-state index in [0.717, 1.165) is 5.56 Å². The number of carbonyl (C=O) groups is 5. The molecule has 2 aliphatic heterocycles. The van der Waals surface area contributed by atoms with Crippen molar-refractivity contribution in [3.8, 4) is 23.2 Å². The number of anilines is 1. The first-order valence-electron chi connectivity index (χ1n) is 25.0. The van der Waals surface area contributed by atoms with Crippen LogP contribution < -0.4 is 37.1 Å². The van der Waals surface area contributed by atoms with E-state index >= 15 is 0 Å². The number of aromatic nitrogens is 4. The molecular formula is C52H70FN13O8. The molecule has 7 N–H and O–H groups in total. The first-order chi connectivity index (χ1) is 35.3. The monoisotopic (exact) mass is 1020 g/mol. The van der Waals surface area contributed by atoms with Crippen molar-refractivity contribution in [1.29, 1.82) is 5.26 Å². The quantitative estimate of drug-likeness (QED) is 0.0655. The summed E-state index contributed by atoms with van der Waals surface area (Å²) in [7, 11) is 3.24. The number of halogens is 1. The second-order valence-electron chi connectivity index (χ2n) is 19.5. The molecule has 2 bridgehead atoms. The average Bonchev–Trinajstić information content (AvgIpc) is 3.97. The largest absolute Gasteiger partial charge is 0.467 e. The van der Waals surface area contributed by atoms with Crippen molar-refractivity contribution < 1.29 is 42.6 Å². The summed E-state index contributed by atoms with van der Waals surface area (Å²) in [4.78, 5) is 79.7. The normalized spacial score (nSPS) is 17.8. The minimum atomic E-state index is -0.878. The van der Waals surface area contributed by atoms with E-state index in [2.05, 4.69) is 47.7 Å². The summed E-state index contributed by atoms with van der Waals surface area (Å²) >= 11 is 0. The Kier molecular flexibility index (Phi) is 19.6. The molecule has 2 aromatic heterocycles. The van der Waals surface area contributed by atoms with Crippen LogP contribution in [0.15, 0.2) is 54.7 Å². The van der Waals surface area contributed by atoms with Crippen LogP contribution in [0.25, 0.3) is 11.3 Å². The number of hydrogen-bond acceptors (Lipinski definition) is 15. The maximum absolute atomic E-state index is 14.4. The van der Waals surface area contributed by atoms with Crippen LogP contribution in [0.2, 0.25) is 0 Å². The molecule has 1 saturated heterocycles. The van der Waals surface area contributed by atoms with Crippen LogP contribution in [0.4, 0.5) is 10.2 Å². The number of rotatable bonds is 21. The molecule has 6 atom stereocenters. The van der Waals surface area contributed by atoms with Gasteiger partial charge in [-0.1, -0.05) is 58.0 Å². The van der Waals surface area contributed by atoms with Crippen LogP contribution in [-0.2, 0) is 41.7 Å². The molecule has 21 nitrogen and oxygen atoms in total. The molecular weight excluding hydrogens is 954 g/mol. The van der Waals surface area contributed by atoms with Crippen LogP contribution in [0.1, 0.15) is 106 Å². The summed E-state index contributed by atoms with van der Waals surface area (Å²) in [6.07, 6.45) is 1.63. The van der Waals surface area contributed by atoms with Crippen molar-refractivity contribution in [3.63, 3.8) is 0 Å². The molecule has 0 saturated carbocycles. The number of amides is 5. The zero-order chi connectivity index (χ0) is 53.7. The van der Waals surface area contributed by atoms with Gasteiger partial charge < -0.3 is 56.3 Å². The molecule has 1 fully saturated rings. The van der Waals surface area contributed by atoms with Gasteiger partial charge in [0.15, 0.2) is 5.82 Å². The van der Waals surface area contributed by atoms with Gasteiger partial charge in [-0.05, 0) is 62.9 Å². The molecule has 398 valence electrons. The van der Waals surface area contributed by atoms with Gasteiger partial charge in [0.1, 0.15) is 35.8 Å². The van der Waals surface area contributed by atoms with Crippen LogP contribution >= 0.6 is 0 Å². The number of fused-ring (bicyclic) bond motifs is 5. The molecule has 0 spiro atoms. The SMILES string of the molecule is CC[C@@H](NC(=O)[C@@H]1C[C@H](NCCOCCOCCC(=O)NCCn2nc3c(c2C#N)-c2cnc(N)c(n2)O[C@H](C)c2cc(F)ccc2C(=O)N(C)C3)CN1C(=O)[C@@H](NC(=O)[C@H](C)NC)C(C)(C)C)c1ccccc1. The standard InChI is InChI=1S/C52H70FN13O8/c1-9-38(33-13-11-10-12-14-33)60-48(69)41-26-35(29-65(41)51(71)45(52(4,5)6)62-47(68)31(2)56-7)57-19-22-73-24-23-72-21-17-43(67)58-18-20-66-42(27-54)44-39-28-59-46(55)49(61-39)74-32(3)37-25-34(53)15-16-36(37)50(70)64(8)30-40(44)63-66/h10-16,25,28,31-32,35,38,41,45,56-57H,9,17-24,26,29-30H2,1-8H3,(H2,55,59)(H,58,67)(H,60,69)(H,62,68)/t31-,32+,35-,38+,41-,45+/m0/s1. The number of likely N-dealkylation sites (N-methyl/N-ethyl adjacent to an activating group) is 1. The fourth-order valence-corrected chi connectivity index (χ4v) is 8.83. The van der Waals surface area contributed by atoms with Gasteiger partial charge in [-0.25, -0.2) is 14.4 Å². The number of likely N-dealkylation sites (tertiary alicyclic amines) is 1. The highest BCUT2D eigenvalue weighted by Crippen LogP contribution is 2.34. The van der Waals surface area contributed by atoms with Gasteiger partial charge in [0, 0.05) is 50.3 Å². The minimum absolute atomic E-state index is 0.0387. The smallest absolute Gasteiger partial charge is 0.258 e. The fourth-order valence-electron chi connectivity index (χ4n) is 8.83. The number of nitrogens with zero attached hydrogens (tertiary/aromatic N) is 7. The highest BCUT2D eigenvalue weighted by molar-refractivity contribution is 5.96. The lowest BCUT2D eigenvalue weighted by Crippen LogP contribution is -2.59. The number of hydrogen-bond donors (Lipinski definition) is 6. The lowest BCUT2D eigenvalue weighted by Gasteiger charge is -2.36. The van der Waals surface area contributed by atoms with E-state index in [-0.39, 0.29) is 117 Å². The van der Waals surface area contributed by atoms with Crippen LogP contribution in [-0.4, -0.2) is 143 Å². The van der Waals surface area contributed by atoms with E-state index in [1.54, 1.807) is 32.8 Å². The Balaban J connectivity index is 0.969. The highest BCUT2D eigenvalue weighted by atomic mass is 19.1. The highest BCUT2D eigenvalue weighted by Gasteiger charge is 2.45. The van der Waals surface area contributed by atoms with Crippen molar-refractivity contribution in [3.05, 3.63) is 88.6 Å². The second kappa shape index (κ2) is 25.7. The number of nitrogen functional groups attached to an aromatic ring is 1. The predicted octanol–water partition coefficient (Wildman–Crippen LogP) is 3.16. The third-order valence-corrected chi connectivity index (χ3v) is 13.1. The number of carbonyl (C=O) groups excluding carboxylic acids is 5. The van der Waals surface area contributed by atoms with E-state index in [0.29, 0.717) is 42.8 Å². The number of nitriles is 1. The lowest BCUT2D eigenvalue weighted by atomic mass is 9.85. The van der Waals surface area contributed by atoms with Crippen LogP contribution in [0.3, 0.4) is 0 Å². The number of ether oxygens (including phenoxy) is 3. The third-order valence-electron chi connectivity index (χ3n) is 13.1. The molecule has 2 aromatic carbocycles. The number of nitrogens with one attached hydrogen (secondary N) is 5. The van der Waals surface area contributed by atoms with Gasteiger partial charge in [-0.2, -0.15) is 10.4 Å². The molecule has 2 aliphatic rings. The van der Waals surface area contributed by atoms with Crippen LogP contribution in [0.5, 0.6) is 5.88 Å². The maximum Gasteiger partial charge on any atom is 0.258 e.